The highest BCUT2D eigenvalue weighted by molar-refractivity contribution is 5.74. The van der Waals surface area contributed by atoms with Crippen molar-refractivity contribution in [3.8, 4) is 0 Å². The van der Waals surface area contributed by atoms with Crippen LogP contribution in [0.4, 0.5) is 0 Å². The van der Waals surface area contributed by atoms with Crippen molar-refractivity contribution in [2.75, 3.05) is 13.2 Å². The van der Waals surface area contributed by atoms with Gasteiger partial charge in [0.1, 0.15) is 18.8 Å². The van der Waals surface area contributed by atoms with Gasteiger partial charge in [0.05, 0.1) is 6.61 Å². The molecule has 12 nitrogen and oxygen atoms in total. The number of esters is 3. The van der Waals surface area contributed by atoms with Gasteiger partial charge in [-0.15, -0.1) is 0 Å². The van der Waals surface area contributed by atoms with Crippen LogP contribution in [0.3, 0.4) is 0 Å². The smallest absolute Gasteiger partial charge is 0.335 e. The summed E-state index contributed by atoms with van der Waals surface area (Å²) in [5.74, 6) is -3.28. The minimum Gasteiger partial charge on any atom is -0.479 e. The number of hydrogen-bond acceptors (Lipinski definition) is 11. The first-order valence-corrected chi connectivity index (χ1v) is 26.2. The second kappa shape index (κ2) is 44.8. The molecule has 69 heavy (non-hydrogen) atoms. The summed E-state index contributed by atoms with van der Waals surface area (Å²) >= 11 is 0. The molecule has 1 fully saturated rings. The Morgan fingerprint density at radius 3 is 1.46 bits per heavy atom. The Labute approximate surface area is 415 Å². The molecule has 1 saturated heterocycles. The fourth-order valence-electron chi connectivity index (χ4n) is 7.14. The molecule has 0 aromatic carbocycles. The van der Waals surface area contributed by atoms with Crippen LogP contribution < -0.4 is 0 Å². The summed E-state index contributed by atoms with van der Waals surface area (Å²) in [4.78, 5) is 50.8. The lowest BCUT2D eigenvalue weighted by molar-refractivity contribution is -0.301. The molecule has 0 bridgehead atoms. The van der Waals surface area contributed by atoms with Crippen molar-refractivity contribution in [3.05, 3.63) is 97.2 Å². The second-order valence-corrected chi connectivity index (χ2v) is 17.4. The number of carboxylic acid groups (broad SMARTS) is 1. The highest BCUT2D eigenvalue weighted by atomic mass is 16.7. The van der Waals surface area contributed by atoms with E-state index in [0.717, 1.165) is 116 Å². The summed E-state index contributed by atoms with van der Waals surface area (Å²) in [5, 5.41) is 31.3. The van der Waals surface area contributed by atoms with Gasteiger partial charge in [-0.25, -0.2) is 4.79 Å². The fraction of sp³-hybridized carbons (Fsp3) is 0.649. The number of allylic oxidation sites excluding steroid dienone is 16. The molecule has 0 amide bonds. The number of aliphatic hydroxyl groups excluding tert-OH is 2. The third-order valence-electron chi connectivity index (χ3n) is 11.1. The number of ether oxygens (including phenoxy) is 5. The van der Waals surface area contributed by atoms with Gasteiger partial charge in [-0.05, 0) is 96.3 Å². The van der Waals surface area contributed by atoms with Crippen molar-refractivity contribution in [1.29, 1.82) is 0 Å². The Morgan fingerprint density at radius 2 is 0.942 bits per heavy atom. The Hall–Kier alpha value is -4.36. The third kappa shape index (κ3) is 35.4. The van der Waals surface area contributed by atoms with Gasteiger partial charge in [-0.3, -0.25) is 14.4 Å². The van der Waals surface area contributed by atoms with E-state index in [-0.39, 0.29) is 25.9 Å². The number of carboxylic acids is 1. The molecular weight excluding hydrogens is 877 g/mol. The van der Waals surface area contributed by atoms with Crippen molar-refractivity contribution in [2.45, 2.75) is 225 Å². The molecule has 1 rings (SSSR count). The van der Waals surface area contributed by atoms with E-state index in [2.05, 4.69) is 106 Å². The monoisotopic (exact) mass is 967 g/mol. The third-order valence-corrected chi connectivity index (χ3v) is 11.1. The maximum Gasteiger partial charge on any atom is 0.335 e. The van der Waals surface area contributed by atoms with Gasteiger partial charge in [-0.1, -0.05) is 169 Å². The molecular formula is C57H90O12. The van der Waals surface area contributed by atoms with E-state index in [1.807, 2.05) is 12.2 Å². The summed E-state index contributed by atoms with van der Waals surface area (Å²) in [6.45, 7) is 5.60. The lowest BCUT2D eigenvalue weighted by atomic mass is 9.98. The molecule has 0 spiro atoms. The lowest BCUT2D eigenvalue weighted by Gasteiger charge is -2.40. The maximum absolute atomic E-state index is 13.0. The van der Waals surface area contributed by atoms with Crippen LogP contribution in [0.25, 0.3) is 0 Å². The standard InChI is InChI=1S/C57H90O12/c1-4-7-10-13-16-19-22-24-25-27-30-33-36-39-42-45-51(60)68-55-53(62)52(61)54(56(63)64)69-57(55)66-47-48(67-50(59)44-41-38-35-32-28-21-18-15-12-9-6-3)46-65-49(58)43-40-37-34-31-29-26-23-20-17-14-11-8-5-2/h7-8,10-11,15-20,24-26,29,34,37,48,52-55,57,61-62H,4-6,9,12-14,21-23,27-28,30-33,35-36,38-47H2,1-3H3,(H,63,64)/b10-7-,11-8-,18-15-,19-16-,20-17-,25-24-,29-26-,37-34-. The van der Waals surface area contributed by atoms with E-state index in [4.69, 9.17) is 23.7 Å². The minimum absolute atomic E-state index is 0.0290. The number of rotatable bonds is 42. The predicted octanol–water partition coefficient (Wildman–Crippen LogP) is 12.6. The van der Waals surface area contributed by atoms with Gasteiger partial charge >= 0.3 is 23.9 Å². The van der Waals surface area contributed by atoms with Gasteiger partial charge in [0.15, 0.2) is 24.6 Å². The topological polar surface area (TPSA) is 175 Å². The van der Waals surface area contributed by atoms with Crippen LogP contribution in [0.1, 0.15) is 188 Å². The van der Waals surface area contributed by atoms with E-state index >= 15 is 0 Å². The van der Waals surface area contributed by atoms with E-state index in [0.29, 0.717) is 19.3 Å². The molecule has 1 heterocycles. The van der Waals surface area contributed by atoms with Gasteiger partial charge in [-0.2, -0.15) is 0 Å². The Bertz CT molecular complexity index is 1570. The molecule has 0 saturated carbocycles. The Morgan fingerprint density at radius 1 is 0.493 bits per heavy atom. The van der Waals surface area contributed by atoms with Crippen LogP contribution in [0.2, 0.25) is 0 Å². The first-order chi connectivity index (χ1) is 33.6. The Kier molecular flexibility index (Phi) is 40.7. The molecule has 0 radical (unpaired) electrons. The zero-order valence-corrected chi connectivity index (χ0v) is 42.5. The molecule has 12 heteroatoms. The number of aliphatic carboxylic acids is 1. The van der Waals surface area contributed by atoms with Gasteiger partial charge in [0, 0.05) is 19.3 Å². The van der Waals surface area contributed by atoms with Gasteiger partial charge in [0.25, 0.3) is 0 Å². The van der Waals surface area contributed by atoms with Crippen LogP contribution in [0.5, 0.6) is 0 Å². The van der Waals surface area contributed by atoms with Crippen LogP contribution >= 0.6 is 0 Å². The normalized spacial score (nSPS) is 19.5. The molecule has 0 aliphatic carbocycles. The maximum atomic E-state index is 13.0. The zero-order chi connectivity index (χ0) is 50.4. The van der Waals surface area contributed by atoms with Crippen molar-refractivity contribution in [2.24, 2.45) is 0 Å². The molecule has 1 aliphatic rings. The predicted molar refractivity (Wildman–Crippen MR) is 275 cm³/mol. The molecule has 0 aromatic heterocycles. The second-order valence-electron chi connectivity index (χ2n) is 17.4. The molecule has 6 atom stereocenters. The molecule has 3 N–H and O–H groups in total. The van der Waals surface area contributed by atoms with Gasteiger partial charge < -0.3 is 39.0 Å². The SMILES string of the molecule is CC/C=C\C/C=C\C/C=C\C/C=C\CCC(=O)OCC(COC1OC(C(=O)O)C(O)C(O)C1OC(=O)CCCCCCC/C=C\C/C=C\C/C=C\CC)OC(=O)CCCCCCC/C=C\CCCC. The quantitative estimate of drug-likeness (QED) is 0.0229. The van der Waals surface area contributed by atoms with Gasteiger partial charge in [0.2, 0.25) is 0 Å². The molecule has 0 aromatic rings. The number of carbonyl (C=O) groups is 4. The van der Waals surface area contributed by atoms with E-state index < -0.39 is 67.3 Å². The summed E-state index contributed by atoms with van der Waals surface area (Å²) < 4.78 is 28.2. The van der Waals surface area contributed by atoms with Crippen molar-refractivity contribution in [1.82, 2.24) is 0 Å². The first kappa shape index (κ1) is 62.7. The summed E-state index contributed by atoms with van der Waals surface area (Å²) in [7, 11) is 0. The highest BCUT2D eigenvalue weighted by Gasteiger charge is 2.50. The first-order valence-electron chi connectivity index (χ1n) is 26.2. The highest BCUT2D eigenvalue weighted by Crippen LogP contribution is 2.26. The van der Waals surface area contributed by atoms with Crippen molar-refractivity contribution >= 4 is 23.9 Å². The van der Waals surface area contributed by atoms with Crippen LogP contribution in [-0.4, -0.2) is 89.2 Å². The molecule has 6 unspecified atom stereocenters. The van der Waals surface area contributed by atoms with Crippen LogP contribution in [-0.2, 0) is 42.9 Å². The van der Waals surface area contributed by atoms with Crippen molar-refractivity contribution in [3.63, 3.8) is 0 Å². The summed E-state index contributed by atoms with van der Waals surface area (Å²) in [5.41, 5.74) is 0. The average Bonchev–Trinajstić information content (AvgIpc) is 3.33. The fourth-order valence-corrected chi connectivity index (χ4v) is 7.14. The van der Waals surface area contributed by atoms with Crippen LogP contribution in [0.15, 0.2) is 97.2 Å². The van der Waals surface area contributed by atoms with E-state index in [1.54, 1.807) is 0 Å². The Balaban J connectivity index is 2.78. The number of aliphatic hydroxyl groups is 2. The summed E-state index contributed by atoms with van der Waals surface area (Å²) in [6.07, 6.45) is 45.6. The largest absolute Gasteiger partial charge is 0.479 e. The zero-order valence-electron chi connectivity index (χ0n) is 42.5. The summed E-state index contributed by atoms with van der Waals surface area (Å²) in [6, 6.07) is 0. The number of unbranched alkanes of at least 4 members (excludes halogenated alkanes) is 12. The van der Waals surface area contributed by atoms with E-state index in [9.17, 15) is 34.5 Å². The average molecular weight is 967 g/mol. The molecule has 390 valence electrons. The number of hydrogen-bond donors (Lipinski definition) is 3. The minimum atomic E-state index is -1.92. The lowest BCUT2D eigenvalue weighted by Crippen LogP contribution is -2.61. The van der Waals surface area contributed by atoms with E-state index in [1.165, 1.54) is 12.8 Å². The van der Waals surface area contributed by atoms with Crippen LogP contribution in [0, 0.1) is 0 Å². The molecule has 1 aliphatic heterocycles. The number of carbonyl (C=O) groups excluding carboxylic acids is 3. The van der Waals surface area contributed by atoms with Crippen molar-refractivity contribution < 1.29 is 58.2 Å².